The zero-order valence-corrected chi connectivity index (χ0v) is 10.9. The molecule has 0 aliphatic rings. The summed E-state index contributed by atoms with van der Waals surface area (Å²) in [6.45, 7) is 2.14. The van der Waals surface area contributed by atoms with Gasteiger partial charge in [0.25, 0.3) is 5.91 Å². The molecule has 0 saturated heterocycles. The summed E-state index contributed by atoms with van der Waals surface area (Å²) in [5.74, 6) is -0.526. The number of benzene rings is 1. The highest BCUT2D eigenvalue weighted by molar-refractivity contribution is 6.00. The van der Waals surface area contributed by atoms with E-state index < -0.39 is 0 Å². The van der Waals surface area contributed by atoms with Gasteiger partial charge >= 0.3 is 5.97 Å². The van der Waals surface area contributed by atoms with Gasteiger partial charge in [-0.2, -0.15) is 0 Å². The van der Waals surface area contributed by atoms with Crippen molar-refractivity contribution >= 4 is 17.6 Å². The van der Waals surface area contributed by atoms with Crippen LogP contribution >= 0.6 is 0 Å². The number of rotatable bonds is 4. The number of hydrogen-bond acceptors (Lipinski definition) is 4. The van der Waals surface area contributed by atoms with E-state index in [4.69, 9.17) is 5.73 Å². The van der Waals surface area contributed by atoms with Crippen LogP contribution < -0.4 is 5.73 Å². The Hall–Kier alpha value is -2.04. The maximum atomic E-state index is 12.2. The molecule has 1 amide bonds. The molecule has 1 aromatic rings. The monoisotopic (exact) mass is 250 g/mol. The molecule has 1 rings (SSSR count). The molecular weight excluding hydrogens is 232 g/mol. The topological polar surface area (TPSA) is 72.6 Å². The average molecular weight is 250 g/mol. The van der Waals surface area contributed by atoms with E-state index in [1.807, 2.05) is 13.0 Å². The standard InChI is InChI=1S/C13H18N2O3/c1-9-5-4-6-10(14)12(9)13(17)15(2)8-7-11(16)18-3/h4-6H,7-8,14H2,1-3H3. The third-order valence-corrected chi connectivity index (χ3v) is 2.74. The molecule has 0 fully saturated rings. The Morgan fingerprint density at radius 1 is 1.39 bits per heavy atom. The lowest BCUT2D eigenvalue weighted by Crippen LogP contribution is -2.30. The lowest BCUT2D eigenvalue weighted by atomic mass is 10.1. The summed E-state index contributed by atoms with van der Waals surface area (Å²) in [4.78, 5) is 24.7. The zero-order chi connectivity index (χ0) is 13.7. The molecule has 1 aromatic carbocycles. The number of nitrogens with zero attached hydrogens (tertiary/aromatic N) is 1. The molecule has 0 heterocycles. The van der Waals surface area contributed by atoms with Gasteiger partial charge in [0.15, 0.2) is 0 Å². The van der Waals surface area contributed by atoms with Gasteiger partial charge < -0.3 is 15.4 Å². The highest BCUT2D eigenvalue weighted by atomic mass is 16.5. The van der Waals surface area contributed by atoms with Crippen molar-refractivity contribution in [3.8, 4) is 0 Å². The molecule has 18 heavy (non-hydrogen) atoms. The van der Waals surface area contributed by atoms with Crippen LogP contribution in [0.1, 0.15) is 22.3 Å². The van der Waals surface area contributed by atoms with E-state index in [-0.39, 0.29) is 18.3 Å². The number of carbonyl (C=O) groups excluding carboxylic acids is 2. The highest BCUT2D eigenvalue weighted by Gasteiger charge is 2.17. The summed E-state index contributed by atoms with van der Waals surface area (Å²) in [6, 6.07) is 5.32. The number of hydrogen-bond donors (Lipinski definition) is 1. The second-order valence-electron chi connectivity index (χ2n) is 4.09. The van der Waals surface area contributed by atoms with Crippen molar-refractivity contribution in [3.05, 3.63) is 29.3 Å². The van der Waals surface area contributed by atoms with Crippen molar-refractivity contribution in [2.24, 2.45) is 0 Å². The van der Waals surface area contributed by atoms with E-state index in [1.165, 1.54) is 12.0 Å². The molecule has 0 aromatic heterocycles. The van der Waals surface area contributed by atoms with Crippen LogP contribution in [0.15, 0.2) is 18.2 Å². The maximum absolute atomic E-state index is 12.2. The molecule has 5 heteroatoms. The van der Waals surface area contributed by atoms with E-state index in [1.54, 1.807) is 19.2 Å². The van der Waals surface area contributed by atoms with Crippen LogP contribution in [0.25, 0.3) is 0 Å². The van der Waals surface area contributed by atoms with Crippen molar-refractivity contribution in [2.45, 2.75) is 13.3 Å². The fourth-order valence-electron chi connectivity index (χ4n) is 1.64. The van der Waals surface area contributed by atoms with E-state index in [0.717, 1.165) is 5.56 Å². The SMILES string of the molecule is COC(=O)CCN(C)C(=O)c1c(C)cccc1N. The predicted octanol–water partition coefficient (Wildman–Crippen LogP) is 1.21. The van der Waals surface area contributed by atoms with Gasteiger partial charge in [0.2, 0.25) is 0 Å². The Morgan fingerprint density at radius 3 is 2.61 bits per heavy atom. The van der Waals surface area contributed by atoms with Crippen molar-refractivity contribution < 1.29 is 14.3 Å². The number of nitrogens with two attached hydrogens (primary N) is 1. The van der Waals surface area contributed by atoms with Crippen molar-refractivity contribution in [1.82, 2.24) is 4.90 Å². The van der Waals surface area contributed by atoms with Crippen LogP contribution in [0.4, 0.5) is 5.69 Å². The Balaban J connectivity index is 2.78. The zero-order valence-electron chi connectivity index (χ0n) is 10.9. The van der Waals surface area contributed by atoms with Crippen LogP contribution in [0.5, 0.6) is 0 Å². The van der Waals surface area contributed by atoms with Crippen molar-refractivity contribution in [2.75, 3.05) is 26.4 Å². The molecule has 0 aliphatic heterocycles. The molecule has 5 nitrogen and oxygen atoms in total. The first-order valence-corrected chi connectivity index (χ1v) is 5.64. The van der Waals surface area contributed by atoms with Crippen molar-refractivity contribution in [1.29, 1.82) is 0 Å². The van der Waals surface area contributed by atoms with Gasteiger partial charge in [0, 0.05) is 19.3 Å². The van der Waals surface area contributed by atoms with Crippen LogP contribution in [0.3, 0.4) is 0 Å². The highest BCUT2D eigenvalue weighted by Crippen LogP contribution is 2.18. The molecule has 2 N–H and O–H groups in total. The lowest BCUT2D eigenvalue weighted by molar-refractivity contribution is -0.140. The van der Waals surface area contributed by atoms with E-state index in [0.29, 0.717) is 17.8 Å². The summed E-state index contributed by atoms with van der Waals surface area (Å²) in [6.07, 6.45) is 0.171. The second-order valence-corrected chi connectivity index (χ2v) is 4.09. The molecular formula is C13H18N2O3. The first-order valence-electron chi connectivity index (χ1n) is 5.64. The Kier molecular flexibility index (Phi) is 4.71. The minimum atomic E-state index is -0.340. The van der Waals surface area contributed by atoms with Gasteiger partial charge in [0.05, 0.1) is 19.1 Å². The summed E-state index contributed by atoms with van der Waals surface area (Å²) in [7, 11) is 2.96. The third-order valence-electron chi connectivity index (χ3n) is 2.74. The molecule has 0 saturated carbocycles. The Labute approximate surface area is 107 Å². The largest absolute Gasteiger partial charge is 0.469 e. The maximum Gasteiger partial charge on any atom is 0.307 e. The second kappa shape index (κ2) is 6.05. The number of aryl methyl sites for hydroxylation is 1. The number of ether oxygens (including phenoxy) is 1. The quantitative estimate of drug-likeness (QED) is 0.644. The van der Waals surface area contributed by atoms with Gasteiger partial charge in [-0.25, -0.2) is 0 Å². The van der Waals surface area contributed by atoms with Gasteiger partial charge in [-0.15, -0.1) is 0 Å². The van der Waals surface area contributed by atoms with Crippen molar-refractivity contribution in [3.63, 3.8) is 0 Å². The molecule has 98 valence electrons. The lowest BCUT2D eigenvalue weighted by Gasteiger charge is -2.18. The summed E-state index contributed by atoms with van der Waals surface area (Å²) in [5.41, 5.74) is 7.57. The molecule has 0 spiro atoms. The van der Waals surface area contributed by atoms with Crippen LogP contribution in [-0.4, -0.2) is 37.5 Å². The number of methoxy groups -OCH3 is 1. The molecule has 0 atom stereocenters. The van der Waals surface area contributed by atoms with E-state index in [2.05, 4.69) is 4.74 Å². The van der Waals surface area contributed by atoms with E-state index >= 15 is 0 Å². The number of anilines is 1. The van der Waals surface area contributed by atoms with Gasteiger partial charge in [-0.05, 0) is 18.6 Å². The Bertz CT molecular complexity index is 437. The van der Waals surface area contributed by atoms with Gasteiger partial charge in [0.1, 0.15) is 0 Å². The number of amides is 1. The molecule has 0 unspecified atom stereocenters. The fourth-order valence-corrected chi connectivity index (χ4v) is 1.64. The third kappa shape index (κ3) is 3.23. The van der Waals surface area contributed by atoms with Crippen LogP contribution in [0, 0.1) is 6.92 Å². The average Bonchev–Trinajstić information content (AvgIpc) is 2.34. The molecule has 0 bridgehead atoms. The first kappa shape index (κ1) is 14.0. The molecule has 0 radical (unpaired) electrons. The smallest absolute Gasteiger partial charge is 0.307 e. The molecule has 0 aliphatic carbocycles. The summed E-state index contributed by atoms with van der Waals surface area (Å²) in [5, 5.41) is 0. The minimum absolute atomic E-state index is 0.171. The van der Waals surface area contributed by atoms with Crippen LogP contribution in [0.2, 0.25) is 0 Å². The summed E-state index contributed by atoms with van der Waals surface area (Å²) >= 11 is 0. The minimum Gasteiger partial charge on any atom is -0.469 e. The number of carbonyl (C=O) groups is 2. The first-order chi connectivity index (χ1) is 8.47. The van der Waals surface area contributed by atoms with Gasteiger partial charge in [-0.3, -0.25) is 9.59 Å². The normalized spacial score (nSPS) is 9.94. The number of nitrogen functional groups attached to an aromatic ring is 1. The Morgan fingerprint density at radius 2 is 2.06 bits per heavy atom. The fraction of sp³-hybridized carbons (Fsp3) is 0.385. The van der Waals surface area contributed by atoms with Gasteiger partial charge in [-0.1, -0.05) is 12.1 Å². The summed E-state index contributed by atoms with van der Waals surface area (Å²) < 4.78 is 4.53. The predicted molar refractivity (Wildman–Crippen MR) is 69.2 cm³/mol. The number of esters is 1. The van der Waals surface area contributed by atoms with E-state index in [9.17, 15) is 9.59 Å². The van der Waals surface area contributed by atoms with Crippen LogP contribution in [-0.2, 0) is 9.53 Å².